The van der Waals surface area contributed by atoms with Crippen molar-refractivity contribution in [2.45, 2.75) is 26.1 Å². The third kappa shape index (κ3) is 2.62. The standard InChI is InChI=1S/C13H18N4O/c1-9-8-11(4-5-12(9)14)16-10(2)13(18)17-7-3-6-15-17/h3-8,10,13,16,18H,14H2,1-2H3. The summed E-state index contributed by atoms with van der Waals surface area (Å²) < 4.78 is 1.52. The van der Waals surface area contributed by atoms with E-state index in [0.29, 0.717) is 0 Å². The van der Waals surface area contributed by atoms with E-state index in [1.54, 1.807) is 18.5 Å². The molecule has 2 atom stereocenters. The van der Waals surface area contributed by atoms with Crippen molar-refractivity contribution in [2.24, 2.45) is 0 Å². The molecular weight excluding hydrogens is 228 g/mol. The molecule has 18 heavy (non-hydrogen) atoms. The first-order valence-electron chi connectivity index (χ1n) is 5.88. The maximum absolute atomic E-state index is 10.1. The van der Waals surface area contributed by atoms with Crippen LogP contribution in [0.4, 0.5) is 11.4 Å². The molecule has 0 radical (unpaired) electrons. The van der Waals surface area contributed by atoms with Crippen molar-refractivity contribution in [3.8, 4) is 0 Å². The van der Waals surface area contributed by atoms with Gasteiger partial charge in [0.15, 0.2) is 6.23 Å². The largest absolute Gasteiger partial charge is 0.399 e. The molecule has 0 bridgehead atoms. The van der Waals surface area contributed by atoms with Crippen LogP contribution in [0.5, 0.6) is 0 Å². The Morgan fingerprint density at radius 1 is 1.44 bits per heavy atom. The Morgan fingerprint density at radius 3 is 2.83 bits per heavy atom. The molecule has 0 amide bonds. The third-order valence-electron chi connectivity index (χ3n) is 2.91. The van der Waals surface area contributed by atoms with E-state index in [9.17, 15) is 5.11 Å². The van der Waals surface area contributed by atoms with Crippen LogP contribution in [0.3, 0.4) is 0 Å². The van der Waals surface area contributed by atoms with Crippen LogP contribution in [0.15, 0.2) is 36.7 Å². The normalized spacial score (nSPS) is 14.2. The van der Waals surface area contributed by atoms with Crippen LogP contribution in [0, 0.1) is 6.92 Å². The molecule has 0 spiro atoms. The van der Waals surface area contributed by atoms with E-state index < -0.39 is 6.23 Å². The number of aliphatic hydroxyl groups excluding tert-OH is 1. The molecule has 5 heteroatoms. The molecule has 1 heterocycles. The zero-order chi connectivity index (χ0) is 13.1. The molecule has 2 unspecified atom stereocenters. The monoisotopic (exact) mass is 246 g/mol. The van der Waals surface area contributed by atoms with Gasteiger partial charge in [-0.25, -0.2) is 4.68 Å². The van der Waals surface area contributed by atoms with Crippen molar-refractivity contribution in [2.75, 3.05) is 11.1 Å². The molecule has 5 nitrogen and oxygen atoms in total. The zero-order valence-corrected chi connectivity index (χ0v) is 10.5. The highest BCUT2D eigenvalue weighted by molar-refractivity contribution is 5.56. The lowest BCUT2D eigenvalue weighted by Crippen LogP contribution is -2.28. The number of anilines is 2. The van der Waals surface area contributed by atoms with Crippen LogP contribution in [0.2, 0.25) is 0 Å². The Labute approximate surface area is 106 Å². The predicted octanol–water partition coefficient (Wildman–Crippen LogP) is 1.77. The molecule has 0 aliphatic heterocycles. The van der Waals surface area contributed by atoms with Gasteiger partial charge in [0.1, 0.15) is 0 Å². The minimum atomic E-state index is -0.710. The van der Waals surface area contributed by atoms with Gasteiger partial charge >= 0.3 is 0 Å². The first-order chi connectivity index (χ1) is 8.58. The fourth-order valence-electron chi connectivity index (χ4n) is 1.77. The molecule has 0 aliphatic carbocycles. The van der Waals surface area contributed by atoms with Crippen molar-refractivity contribution < 1.29 is 5.11 Å². The third-order valence-corrected chi connectivity index (χ3v) is 2.91. The van der Waals surface area contributed by atoms with Crippen LogP contribution < -0.4 is 11.1 Å². The van der Waals surface area contributed by atoms with Gasteiger partial charge in [0.05, 0.1) is 6.04 Å². The number of nitrogens with one attached hydrogen (secondary N) is 1. The second-order valence-corrected chi connectivity index (χ2v) is 4.40. The van der Waals surface area contributed by atoms with Gasteiger partial charge < -0.3 is 16.2 Å². The van der Waals surface area contributed by atoms with E-state index in [4.69, 9.17) is 5.73 Å². The minimum Gasteiger partial charge on any atom is -0.399 e. The first-order valence-corrected chi connectivity index (χ1v) is 5.88. The smallest absolute Gasteiger partial charge is 0.166 e. The number of rotatable bonds is 4. The van der Waals surface area contributed by atoms with Gasteiger partial charge in [-0.15, -0.1) is 0 Å². The Balaban J connectivity index is 2.06. The fourth-order valence-corrected chi connectivity index (χ4v) is 1.77. The number of benzene rings is 1. The lowest BCUT2D eigenvalue weighted by molar-refractivity contribution is 0.0757. The summed E-state index contributed by atoms with van der Waals surface area (Å²) in [4.78, 5) is 0. The molecule has 4 N–H and O–H groups in total. The second kappa shape index (κ2) is 5.10. The van der Waals surface area contributed by atoms with Crippen molar-refractivity contribution in [1.29, 1.82) is 0 Å². The van der Waals surface area contributed by atoms with Gasteiger partial charge in [-0.05, 0) is 43.7 Å². The van der Waals surface area contributed by atoms with E-state index >= 15 is 0 Å². The fraction of sp³-hybridized carbons (Fsp3) is 0.308. The van der Waals surface area contributed by atoms with Gasteiger partial charge in [0.25, 0.3) is 0 Å². The topological polar surface area (TPSA) is 76.1 Å². The van der Waals surface area contributed by atoms with Crippen LogP contribution in [0.1, 0.15) is 18.7 Å². The number of aromatic nitrogens is 2. The molecule has 0 saturated heterocycles. The van der Waals surface area contributed by atoms with E-state index in [2.05, 4.69) is 10.4 Å². The number of nitrogens with zero attached hydrogens (tertiary/aromatic N) is 2. The van der Waals surface area contributed by atoms with Gasteiger partial charge in [-0.1, -0.05) is 0 Å². The average molecular weight is 246 g/mol. The van der Waals surface area contributed by atoms with Crippen molar-refractivity contribution in [3.05, 3.63) is 42.2 Å². The highest BCUT2D eigenvalue weighted by atomic mass is 16.3. The molecule has 0 saturated carbocycles. The van der Waals surface area contributed by atoms with Crippen LogP contribution >= 0.6 is 0 Å². The number of nitrogens with two attached hydrogens (primary N) is 1. The Morgan fingerprint density at radius 2 is 2.22 bits per heavy atom. The van der Waals surface area contributed by atoms with Crippen LogP contribution in [-0.4, -0.2) is 20.9 Å². The lowest BCUT2D eigenvalue weighted by Gasteiger charge is -2.22. The minimum absolute atomic E-state index is 0.159. The summed E-state index contributed by atoms with van der Waals surface area (Å²) in [6.07, 6.45) is 2.67. The first kappa shape index (κ1) is 12.4. The number of aryl methyl sites for hydroxylation is 1. The van der Waals surface area contributed by atoms with Crippen molar-refractivity contribution >= 4 is 11.4 Å². The van der Waals surface area contributed by atoms with Gasteiger partial charge in [0.2, 0.25) is 0 Å². The average Bonchev–Trinajstić information content (AvgIpc) is 2.86. The summed E-state index contributed by atoms with van der Waals surface area (Å²) in [7, 11) is 0. The van der Waals surface area contributed by atoms with Crippen molar-refractivity contribution in [1.82, 2.24) is 9.78 Å². The summed E-state index contributed by atoms with van der Waals surface area (Å²) in [6, 6.07) is 7.33. The maximum atomic E-state index is 10.1. The zero-order valence-electron chi connectivity index (χ0n) is 10.5. The highest BCUT2D eigenvalue weighted by Crippen LogP contribution is 2.19. The lowest BCUT2D eigenvalue weighted by atomic mass is 10.1. The maximum Gasteiger partial charge on any atom is 0.166 e. The quantitative estimate of drug-likeness (QED) is 0.719. The van der Waals surface area contributed by atoms with E-state index in [-0.39, 0.29) is 6.04 Å². The summed E-state index contributed by atoms with van der Waals surface area (Å²) >= 11 is 0. The Hall–Kier alpha value is -2.01. The SMILES string of the molecule is Cc1cc(NC(C)C(O)n2cccn2)ccc1N. The summed E-state index contributed by atoms with van der Waals surface area (Å²) in [5.41, 5.74) is 8.48. The highest BCUT2D eigenvalue weighted by Gasteiger charge is 2.15. The molecule has 0 fully saturated rings. The second-order valence-electron chi connectivity index (χ2n) is 4.40. The van der Waals surface area contributed by atoms with E-state index in [0.717, 1.165) is 16.9 Å². The summed E-state index contributed by atoms with van der Waals surface area (Å²) in [5, 5.41) is 17.3. The Bertz CT molecular complexity index is 510. The van der Waals surface area contributed by atoms with E-state index in [1.165, 1.54) is 4.68 Å². The van der Waals surface area contributed by atoms with Gasteiger partial charge in [-0.2, -0.15) is 5.10 Å². The number of aliphatic hydroxyl groups is 1. The number of hydrogen-bond acceptors (Lipinski definition) is 4. The van der Waals surface area contributed by atoms with E-state index in [1.807, 2.05) is 32.0 Å². The number of hydrogen-bond donors (Lipinski definition) is 3. The van der Waals surface area contributed by atoms with Gasteiger partial charge in [-0.3, -0.25) is 0 Å². The number of nitrogen functional groups attached to an aromatic ring is 1. The molecular formula is C13H18N4O. The molecule has 1 aromatic heterocycles. The molecule has 96 valence electrons. The molecule has 2 rings (SSSR count). The van der Waals surface area contributed by atoms with Crippen molar-refractivity contribution in [3.63, 3.8) is 0 Å². The molecule has 1 aromatic carbocycles. The molecule has 0 aliphatic rings. The molecule has 2 aromatic rings. The summed E-state index contributed by atoms with van der Waals surface area (Å²) in [5.74, 6) is 0. The van der Waals surface area contributed by atoms with Crippen LogP contribution in [-0.2, 0) is 0 Å². The van der Waals surface area contributed by atoms with Gasteiger partial charge in [0, 0.05) is 23.8 Å². The Kier molecular flexibility index (Phi) is 3.53. The van der Waals surface area contributed by atoms with Crippen LogP contribution in [0.25, 0.3) is 0 Å². The predicted molar refractivity (Wildman–Crippen MR) is 72.2 cm³/mol. The summed E-state index contributed by atoms with van der Waals surface area (Å²) in [6.45, 7) is 3.85.